The Bertz CT molecular complexity index is 384. The van der Waals surface area contributed by atoms with Gasteiger partial charge >= 0.3 is 0 Å². The number of hydrogen-bond acceptors (Lipinski definition) is 3. The first-order valence-corrected chi connectivity index (χ1v) is 6.10. The molecule has 0 aliphatic carbocycles. The number of carbonyl (C=O) groups is 1. The molecule has 1 heterocycles. The number of carbonyl (C=O) groups excluding carboxylic acids is 1. The predicted molar refractivity (Wildman–Crippen MR) is 76.9 cm³/mol. The number of aromatic nitrogens is 1. The molecule has 1 aromatic heterocycles. The third-order valence-electron chi connectivity index (χ3n) is 2.89. The molecule has 0 saturated heterocycles. The Morgan fingerprint density at radius 1 is 1.44 bits per heavy atom. The predicted octanol–water partition coefficient (Wildman–Crippen LogP) is 2.59. The summed E-state index contributed by atoms with van der Waals surface area (Å²) in [4.78, 5) is 18.1. The fraction of sp³-hybridized carbons (Fsp3) is 0.538. The summed E-state index contributed by atoms with van der Waals surface area (Å²) in [5, 5.41) is 0. The Hall–Kier alpha value is -1.29. The van der Waals surface area contributed by atoms with E-state index in [1.807, 2.05) is 11.8 Å². The van der Waals surface area contributed by atoms with E-state index in [4.69, 9.17) is 5.73 Å². The van der Waals surface area contributed by atoms with Gasteiger partial charge in [0.25, 0.3) is 5.91 Å². The van der Waals surface area contributed by atoms with E-state index >= 15 is 0 Å². The lowest BCUT2D eigenvalue weighted by Crippen LogP contribution is -2.35. The average molecular weight is 272 g/mol. The second-order valence-corrected chi connectivity index (χ2v) is 4.30. The Morgan fingerprint density at radius 2 is 2.11 bits per heavy atom. The molecule has 1 amide bonds. The van der Waals surface area contributed by atoms with Gasteiger partial charge in [-0.2, -0.15) is 0 Å². The van der Waals surface area contributed by atoms with Gasteiger partial charge in [-0.05, 0) is 25.0 Å². The number of rotatable bonds is 5. The molecule has 0 radical (unpaired) electrons. The van der Waals surface area contributed by atoms with Crippen molar-refractivity contribution in [2.45, 2.75) is 27.2 Å². The zero-order chi connectivity index (χ0) is 12.8. The summed E-state index contributed by atoms with van der Waals surface area (Å²) in [6.07, 6.45) is 1.06. The molecule has 0 aromatic carbocycles. The Kier molecular flexibility index (Phi) is 7.36. The van der Waals surface area contributed by atoms with Crippen LogP contribution in [0.3, 0.4) is 0 Å². The molecule has 18 heavy (non-hydrogen) atoms. The van der Waals surface area contributed by atoms with E-state index in [-0.39, 0.29) is 18.3 Å². The normalized spacial score (nSPS) is 11.5. The second kappa shape index (κ2) is 7.93. The van der Waals surface area contributed by atoms with Crippen LogP contribution in [-0.4, -0.2) is 28.9 Å². The number of nitrogen functional groups attached to an aromatic ring is 1. The maximum absolute atomic E-state index is 12.2. The van der Waals surface area contributed by atoms with Crippen molar-refractivity contribution in [3.8, 4) is 0 Å². The summed E-state index contributed by atoms with van der Waals surface area (Å²) >= 11 is 0. The van der Waals surface area contributed by atoms with Crippen LogP contribution in [0.5, 0.6) is 0 Å². The van der Waals surface area contributed by atoms with Gasteiger partial charge in [0.05, 0.1) is 0 Å². The SMILES string of the molecule is CCC(C)CN(CC)C(=O)c1cccc(N)n1.Cl. The van der Waals surface area contributed by atoms with Crippen LogP contribution < -0.4 is 5.73 Å². The van der Waals surface area contributed by atoms with Crippen molar-refractivity contribution in [1.29, 1.82) is 0 Å². The number of nitrogens with zero attached hydrogens (tertiary/aromatic N) is 2. The molecule has 0 aliphatic heterocycles. The second-order valence-electron chi connectivity index (χ2n) is 4.30. The standard InChI is InChI=1S/C13H21N3O.ClH/c1-4-10(3)9-16(5-2)13(17)11-7-6-8-12(14)15-11;/h6-8,10H,4-5,9H2,1-3H3,(H2,14,15);1H. The zero-order valence-electron chi connectivity index (χ0n) is 11.2. The molecule has 2 N–H and O–H groups in total. The Balaban J connectivity index is 0.00000289. The highest BCUT2D eigenvalue weighted by atomic mass is 35.5. The zero-order valence-corrected chi connectivity index (χ0v) is 12.0. The lowest BCUT2D eigenvalue weighted by molar-refractivity contribution is 0.0735. The molecular weight excluding hydrogens is 250 g/mol. The van der Waals surface area contributed by atoms with Crippen molar-refractivity contribution in [3.05, 3.63) is 23.9 Å². The van der Waals surface area contributed by atoms with E-state index in [9.17, 15) is 4.79 Å². The fourth-order valence-electron chi connectivity index (χ4n) is 1.59. The van der Waals surface area contributed by atoms with Gasteiger partial charge in [-0.3, -0.25) is 4.79 Å². The molecule has 0 bridgehead atoms. The number of nitrogens with two attached hydrogens (primary N) is 1. The molecule has 102 valence electrons. The van der Waals surface area contributed by atoms with Crippen LogP contribution in [0.25, 0.3) is 0 Å². The van der Waals surface area contributed by atoms with E-state index in [1.165, 1.54) is 0 Å². The summed E-state index contributed by atoms with van der Waals surface area (Å²) in [5.41, 5.74) is 6.01. The molecule has 1 atom stereocenters. The summed E-state index contributed by atoms with van der Waals surface area (Å²) in [5.74, 6) is 0.843. The summed E-state index contributed by atoms with van der Waals surface area (Å²) in [7, 11) is 0. The third-order valence-corrected chi connectivity index (χ3v) is 2.89. The summed E-state index contributed by atoms with van der Waals surface area (Å²) in [6.45, 7) is 7.71. The van der Waals surface area contributed by atoms with Crippen LogP contribution in [-0.2, 0) is 0 Å². The highest BCUT2D eigenvalue weighted by Gasteiger charge is 2.17. The average Bonchev–Trinajstić information content (AvgIpc) is 2.34. The highest BCUT2D eigenvalue weighted by molar-refractivity contribution is 5.92. The molecule has 4 nitrogen and oxygen atoms in total. The molecule has 1 rings (SSSR count). The van der Waals surface area contributed by atoms with Crippen LogP contribution in [0.4, 0.5) is 5.82 Å². The number of hydrogen-bond donors (Lipinski definition) is 1. The summed E-state index contributed by atoms with van der Waals surface area (Å²) < 4.78 is 0. The lowest BCUT2D eigenvalue weighted by atomic mass is 10.1. The van der Waals surface area contributed by atoms with Crippen molar-refractivity contribution >= 4 is 24.1 Å². The van der Waals surface area contributed by atoms with E-state index in [2.05, 4.69) is 18.8 Å². The molecule has 1 aromatic rings. The third kappa shape index (κ3) is 4.53. The van der Waals surface area contributed by atoms with Gasteiger partial charge in [-0.15, -0.1) is 12.4 Å². The first-order chi connectivity index (χ1) is 8.08. The van der Waals surface area contributed by atoms with Gasteiger partial charge in [0, 0.05) is 13.1 Å². The molecule has 0 fully saturated rings. The van der Waals surface area contributed by atoms with Gasteiger partial charge in [-0.1, -0.05) is 26.3 Å². The molecule has 0 saturated carbocycles. The molecule has 5 heteroatoms. The Labute approximate surface area is 115 Å². The fourth-order valence-corrected chi connectivity index (χ4v) is 1.59. The Morgan fingerprint density at radius 3 is 2.61 bits per heavy atom. The van der Waals surface area contributed by atoms with Crippen molar-refractivity contribution in [2.24, 2.45) is 5.92 Å². The number of anilines is 1. The first kappa shape index (κ1) is 16.7. The van der Waals surface area contributed by atoms with Crippen LogP contribution in [0.2, 0.25) is 0 Å². The van der Waals surface area contributed by atoms with Crippen molar-refractivity contribution in [2.75, 3.05) is 18.8 Å². The topological polar surface area (TPSA) is 59.2 Å². The molecule has 0 aliphatic rings. The summed E-state index contributed by atoms with van der Waals surface area (Å²) in [6, 6.07) is 5.15. The maximum atomic E-state index is 12.2. The van der Waals surface area contributed by atoms with Crippen molar-refractivity contribution in [1.82, 2.24) is 9.88 Å². The van der Waals surface area contributed by atoms with Gasteiger partial charge in [0.1, 0.15) is 11.5 Å². The van der Waals surface area contributed by atoms with E-state index in [0.717, 1.165) is 13.0 Å². The monoisotopic (exact) mass is 271 g/mol. The minimum atomic E-state index is -0.0416. The number of pyridine rings is 1. The van der Waals surface area contributed by atoms with Gasteiger partial charge in [-0.25, -0.2) is 4.98 Å². The highest BCUT2D eigenvalue weighted by Crippen LogP contribution is 2.09. The quantitative estimate of drug-likeness (QED) is 0.895. The first-order valence-electron chi connectivity index (χ1n) is 6.10. The largest absolute Gasteiger partial charge is 0.384 e. The minimum Gasteiger partial charge on any atom is -0.384 e. The van der Waals surface area contributed by atoms with Gasteiger partial charge < -0.3 is 10.6 Å². The molecule has 0 spiro atoms. The molecular formula is C13H22ClN3O. The van der Waals surface area contributed by atoms with Gasteiger partial charge in [0.2, 0.25) is 0 Å². The van der Waals surface area contributed by atoms with Crippen LogP contribution in [0, 0.1) is 5.92 Å². The van der Waals surface area contributed by atoms with Crippen molar-refractivity contribution < 1.29 is 4.79 Å². The maximum Gasteiger partial charge on any atom is 0.272 e. The number of halogens is 1. The van der Waals surface area contributed by atoms with E-state index < -0.39 is 0 Å². The number of amides is 1. The molecule has 1 unspecified atom stereocenters. The van der Waals surface area contributed by atoms with Crippen LogP contribution in [0.1, 0.15) is 37.7 Å². The van der Waals surface area contributed by atoms with Crippen LogP contribution in [0.15, 0.2) is 18.2 Å². The van der Waals surface area contributed by atoms with E-state index in [1.54, 1.807) is 18.2 Å². The minimum absolute atomic E-state index is 0. The van der Waals surface area contributed by atoms with Gasteiger partial charge in [0.15, 0.2) is 0 Å². The van der Waals surface area contributed by atoms with Crippen molar-refractivity contribution in [3.63, 3.8) is 0 Å². The lowest BCUT2D eigenvalue weighted by Gasteiger charge is -2.23. The smallest absolute Gasteiger partial charge is 0.272 e. The van der Waals surface area contributed by atoms with Crippen LogP contribution >= 0.6 is 12.4 Å². The van der Waals surface area contributed by atoms with E-state index in [0.29, 0.717) is 24.0 Å².